The van der Waals surface area contributed by atoms with Crippen LogP contribution in [0.1, 0.15) is 23.6 Å². The molecule has 0 aliphatic carbocycles. The van der Waals surface area contributed by atoms with Gasteiger partial charge in [0.05, 0.1) is 12.5 Å². The first-order chi connectivity index (χ1) is 10.5. The first kappa shape index (κ1) is 15.6. The van der Waals surface area contributed by atoms with E-state index in [1.807, 2.05) is 43.3 Å². The summed E-state index contributed by atoms with van der Waals surface area (Å²) in [5.41, 5.74) is 2.45. The molecule has 0 aliphatic heterocycles. The van der Waals surface area contributed by atoms with E-state index in [1.54, 1.807) is 18.2 Å². The molecule has 2 aromatic rings. The zero-order valence-electron chi connectivity index (χ0n) is 12.2. The van der Waals surface area contributed by atoms with Gasteiger partial charge in [0.15, 0.2) is 0 Å². The maximum absolute atomic E-state index is 12.1. The highest BCUT2D eigenvalue weighted by atomic mass is 16.4. The van der Waals surface area contributed by atoms with Crippen LogP contribution in [0.3, 0.4) is 0 Å². The van der Waals surface area contributed by atoms with E-state index in [0.717, 1.165) is 11.1 Å². The number of nitrogens with one attached hydrogen (secondary N) is 2. The van der Waals surface area contributed by atoms with Gasteiger partial charge < -0.3 is 15.7 Å². The van der Waals surface area contributed by atoms with E-state index in [4.69, 9.17) is 5.11 Å². The second kappa shape index (κ2) is 7.26. The van der Waals surface area contributed by atoms with E-state index >= 15 is 0 Å². The molecule has 2 amide bonds. The lowest BCUT2D eigenvalue weighted by atomic mass is 10.0. The van der Waals surface area contributed by atoms with Gasteiger partial charge in [0.25, 0.3) is 0 Å². The molecule has 0 heterocycles. The molecule has 22 heavy (non-hydrogen) atoms. The van der Waals surface area contributed by atoms with Crippen molar-refractivity contribution in [3.05, 3.63) is 65.7 Å². The van der Waals surface area contributed by atoms with E-state index in [-0.39, 0.29) is 6.42 Å². The third kappa shape index (κ3) is 4.63. The molecule has 5 heteroatoms. The van der Waals surface area contributed by atoms with Crippen LogP contribution in [0.25, 0.3) is 0 Å². The summed E-state index contributed by atoms with van der Waals surface area (Å²) in [7, 11) is 0. The van der Waals surface area contributed by atoms with Crippen LogP contribution in [-0.2, 0) is 4.79 Å². The number of anilines is 1. The van der Waals surface area contributed by atoms with Gasteiger partial charge in [0.1, 0.15) is 0 Å². The Bertz CT molecular complexity index is 656. The normalized spacial score (nSPS) is 11.5. The lowest BCUT2D eigenvalue weighted by Crippen LogP contribution is -2.33. The summed E-state index contributed by atoms with van der Waals surface area (Å²) in [6.07, 6.45) is -0.175. The summed E-state index contributed by atoms with van der Waals surface area (Å²) in [5.74, 6) is -0.968. The first-order valence-electron chi connectivity index (χ1n) is 6.95. The zero-order valence-corrected chi connectivity index (χ0v) is 12.2. The van der Waals surface area contributed by atoms with Crippen LogP contribution in [-0.4, -0.2) is 17.1 Å². The molecular formula is C17H18N2O3. The minimum Gasteiger partial charge on any atom is -0.481 e. The average Bonchev–Trinajstić information content (AvgIpc) is 2.47. The van der Waals surface area contributed by atoms with E-state index < -0.39 is 18.0 Å². The van der Waals surface area contributed by atoms with Gasteiger partial charge in [0.2, 0.25) is 0 Å². The lowest BCUT2D eigenvalue weighted by Gasteiger charge is -2.18. The summed E-state index contributed by atoms with van der Waals surface area (Å²) in [5, 5.41) is 14.4. The van der Waals surface area contributed by atoms with Crippen LogP contribution < -0.4 is 10.6 Å². The molecule has 0 aliphatic rings. The Kier molecular flexibility index (Phi) is 5.14. The zero-order chi connectivity index (χ0) is 15.9. The number of carboxylic acids is 1. The number of amides is 2. The molecule has 0 saturated heterocycles. The SMILES string of the molecule is Cc1cccc(NC(=O)N[C@@H](CC(=O)O)c2ccccc2)c1. The van der Waals surface area contributed by atoms with Gasteiger partial charge in [-0.15, -0.1) is 0 Å². The van der Waals surface area contributed by atoms with Crippen molar-refractivity contribution in [2.45, 2.75) is 19.4 Å². The molecular weight excluding hydrogens is 280 g/mol. The Morgan fingerprint density at radius 3 is 2.45 bits per heavy atom. The summed E-state index contributed by atoms with van der Waals surface area (Å²) in [4.78, 5) is 23.1. The van der Waals surface area contributed by atoms with E-state index in [1.165, 1.54) is 0 Å². The van der Waals surface area contributed by atoms with Crippen molar-refractivity contribution in [1.82, 2.24) is 5.32 Å². The molecule has 0 aromatic heterocycles. The number of carbonyl (C=O) groups excluding carboxylic acids is 1. The Labute approximate surface area is 129 Å². The first-order valence-corrected chi connectivity index (χ1v) is 6.95. The smallest absolute Gasteiger partial charge is 0.319 e. The third-order valence-corrected chi connectivity index (χ3v) is 3.16. The molecule has 114 valence electrons. The highest BCUT2D eigenvalue weighted by Gasteiger charge is 2.17. The molecule has 0 saturated carbocycles. The quantitative estimate of drug-likeness (QED) is 0.792. The van der Waals surface area contributed by atoms with Crippen LogP contribution in [0.4, 0.5) is 10.5 Å². The van der Waals surface area contributed by atoms with E-state index in [2.05, 4.69) is 10.6 Å². The summed E-state index contributed by atoms with van der Waals surface area (Å²) >= 11 is 0. The highest BCUT2D eigenvalue weighted by molar-refractivity contribution is 5.89. The second-order valence-electron chi connectivity index (χ2n) is 5.03. The number of aliphatic carboxylic acids is 1. The maximum Gasteiger partial charge on any atom is 0.319 e. The fourth-order valence-corrected chi connectivity index (χ4v) is 2.16. The fourth-order valence-electron chi connectivity index (χ4n) is 2.16. The number of benzene rings is 2. The van der Waals surface area contributed by atoms with Crippen molar-refractivity contribution in [3.63, 3.8) is 0 Å². The largest absolute Gasteiger partial charge is 0.481 e. The Hall–Kier alpha value is -2.82. The molecule has 5 nitrogen and oxygen atoms in total. The van der Waals surface area contributed by atoms with Gasteiger partial charge >= 0.3 is 12.0 Å². The van der Waals surface area contributed by atoms with Crippen molar-refractivity contribution in [3.8, 4) is 0 Å². The fraction of sp³-hybridized carbons (Fsp3) is 0.176. The molecule has 0 unspecified atom stereocenters. The summed E-state index contributed by atoms with van der Waals surface area (Å²) < 4.78 is 0. The number of hydrogen-bond acceptors (Lipinski definition) is 2. The molecule has 0 fully saturated rings. The molecule has 0 bridgehead atoms. The highest BCUT2D eigenvalue weighted by Crippen LogP contribution is 2.17. The minimum atomic E-state index is -0.968. The van der Waals surface area contributed by atoms with Crippen molar-refractivity contribution < 1.29 is 14.7 Å². The number of rotatable bonds is 5. The number of aryl methyl sites for hydroxylation is 1. The molecule has 1 atom stereocenters. The van der Waals surface area contributed by atoms with Gasteiger partial charge in [-0.2, -0.15) is 0 Å². The van der Waals surface area contributed by atoms with Gasteiger partial charge in [-0.1, -0.05) is 42.5 Å². The summed E-state index contributed by atoms with van der Waals surface area (Å²) in [6.45, 7) is 1.93. The third-order valence-electron chi connectivity index (χ3n) is 3.16. The van der Waals surface area contributed by atoms with E-state index in [0.29, 0.717) is 5.69 Å². The number of carboxylic acid groups (broad SMARTS) is 1. The van der Waals surface area contributed by atoms with Gasteiger partial charge in [0, 0.05) is 5.69 Å². The van der Waals surface area contributed by atoms with Crippen LogP contribution in [0, 0.1) is 6.92 Å². The molecule has 2 rings (SSSR count). The number of carbonyl (C=O) groups is 2. The molecule has 0 spiro atoms. The van der Waals surface area contributed by atoms with Crippen molar-refractivity contribution in [2.24, 2.45) is 0 Å². The average molecular weight is 298 g/mol. The molecule has 0 radical (unpaired) electrons. The number of urea groups is 1. The monoisotopic (exact) mass is 298 g/mol. The van der Waals surface area contributed by atoms with Crippen LogP contribution in [0.2, 0.25) is 0 Å². The Morgan fingerprint density at radius 1 is 1.09 bits per heavy atom. The standard InChI is InChI=1S/C17H18N2O3/c1-12-6-5-9-14(10-12)18-17(22)19-15(11-16(20)21)13-7-3-2-4-8-13/h2-10,15H,11H2,1H3,(H,20,21)(H2,18,19,22)/t15-/m0/s1. The maximum atomic E-state index is 12.1. The van der Waals surface area contributed by atoms with Gasteiger partial charge in [-0.3, -0.25) is 4.79 Å². The van der Waals surface area contributed by atoms with E-state index in [9.17, 15) is 9.59 Å². The molecule has 2 aromatic carbocycles. The summed E-state index contributed by atoms with van der Waals surface area (Å²) in [6, 6.07) is 15.4. The minimum absolute atomic E-state index is 0.175. The molecule has 3 N–H and O–H groups in total. The number of hydrogen-bond donors (Lipinski definition) is 3. The second-order valence-corrected chi connectivity index (χ2v) is 5.03. The van der Waals surface area contributed by atoms with Crippen molar-refractivity contribution >= 4 is 17.7 Å². The predicted octanol–water partition coefficient (Wildman–Crippen LogP) is 3.33. The van der Waals surface area contributed by atoms with Crippen LogP contribution in [0.15, 0.2) is 54.6 Å². The topological polar surface area (TPSA) is 78.4 Å². The van der Waals surface area contributed by atoms with Crippen LogP contribution >= 0.6 is 0 Å². The van der Waals surface area contributed by atoms with Crippen LogP contribution in [0.5, 0.6) is 0 Å². The van der Waals surface area contributed by atoms with Crippen molar-refractivity contribution in [2.75, 3.05) is 5.32 Å². The Morgan fingerprint density at radius 2 is 1.82 bits per heavy atom. The Balaban J connectivity index is 2.06. The lowest BCUT2D eigenvalue weighted by molar-refractivity contribution is -0.137. The van der Waals surface area contributed by atoms with Gasteiger partial charge in [-0.05, 0) is 30.2 Å². The van der Waals surface area contributed by atoms with Crippen molar-refractivity contribution in [1.29, 1.82) is 0 Å². The van der Waals surface area contributed by atoms with Gasteiger partial charge in [-0.25, -0.2) is 4.79 Å². The predicted molar refractivity (Wildman–Crippen MR) is 84.8 cm³/mol.